The van der Waals surface area contributed by atoms with Gasteiger partial charge in [0.05, 0.1) is 6.04 Å². The van der Waals surface area contributed by atoms with E-state index in [1.54, 1.807) is 0 Å². The van der Waals surface area contributed by atoms with Crippen LogP contribution in [0.1, 0.15) is 49.2 Å². The largest absolute Gasteiger partial charge is 0.307 e. The molecule has 14 heavy (non-hydrogen) atoms. The van der Waals surface area contributed by atoms with Crippen molar-refractivity contribution >= 4 is 0 Å². The van der Waals surface area contributed by atoms with Crippen molar-refractivity contribution in [1.29, 1.82) is 0 Å². The molecule has 0 amide bonds. The quantitative estimate of drug-likeness (QED) is 0.770. The van der Waals surface area contributed by atoms with Gasteiger partial charge in [0.25, 0.3) is 0 Å². The third-order valence-electron chi connectivity index (χ3n) is 3.06. The lowest BCUT2D eigenvalue weighted by atomic mass is 10.2. The fourth-order valence-corrected chi connectivity index (χ4v) is 2.07. The summed E-state index contributed by atoms with van der Waals surface area (Å²) >= 11 is 0. The van der Waals surface area contributed by atoms with Crippen molar-refractivity contribution in [3.05, 3.63) is 23.8 Å². The minimum atomic E-state index is 0.411. The molecule has 3 nitrogen and oxygen atoms in total. The first-order chi connectivity index (χ1) is 6.93. The smallest absolute Gasteiger partial charge is 0.145 e. The number of nitrogens with one attached hydrogen (secondary N) is 1. The molecule has 0 spiro atoms. The number of nitrogens with zero attached hydrogens (tertiary/aromatic N) is 2. The Bertz CT molecular complexity index is 327. The first-order valence-electron chi connectivity index (χ1n) is 5.50. The Balaban J connectivity index is 1.85. The highest BCUT2D eigenvalue weighted by Gasteiger charge is 2.26. The SMILES string of the molecule is c1cc(C2CC2)nc(C2CCCN2)n1. The van der Waals surface area contributed by atoms with Gasteiger partial charge in [-0.15, -0.1) is 0 Å². The van der Waals surface area contributed by atoms with Crippen LogP contribution in [0.2, 0.25) is 0 Å². The average molecular weight is 189 g/mol. The Morgan fingerprint density at radius 3 is 2.93 bits per heavy atom. The molecule has 1 aliphatic heterocycles. The summed E-state index contributed by atoms with van der Waals surface area (Å²) in [5, 5.41) is 3.43. The zero-order chi connectivity index (χ0) is 9.38. The molecule has 3 heteroatoms. The van der Waals surface area contributed by atoms with E-state index < -0.39 is 0 Å². The molecule has 0 bridgehead atoms. The second-order valence-electron chi connectivity index (χ2n) is 4.26. The van der Waals surface area contributed by atoms with Crippen LogP contribution in [-0.4, -0.2) is 16.5 Å². The minimum absolute atomic E-state index is 0.411. The van der Waals surface area contributed by atoms with Crippen molar-refractivity contribution in [2.45, 2.75) is 37.6 Å². The highest BCUT2D eigenvalue weighted by atomic mass is 15.0. The molecule has 1 aliphatic carbocycles. The Hall–Kier alpha value is -0.960. The average Bonchev–Trinajstić information content (AvgIpc) is 2.94. The lowest BCUT2D eigenvalue weighted by molar-refractivity contribution is 0.600. The van der Waals surface area contributed by atoms with Crippen LogP contribution in [0, 0.1) is 0 Å². The molecule has 1 aromatic rings. The first-order valence-corrected chi connectivity index (χ1v) is 5.50. The van der Waals surface area contributed by atoms with E-state index in [-0.39, 0.29) is 0 Å². The molecule has 1 aromatic heterocycles. The molecule has 1 N–H and O–H groups in total. The zero-order valence-electron chi connectivity index (χ0n) is 8.24. The van der Waals surface area contributed by atoms with Gasteiger partial charge >= 0.3 is 0 Å². The standard InChI is InChI=1S/C11H15N3/c1-2-10(12-6-1)11-13-7-5-9(14-11)8-3-4-8/h5,7-8,10,12H,1-4,6H2. The maximum atomic E-state index is 4.64. The van der Waals surface area contributed by atoms with E-state index in [2.05, 4.69) is 21.4 Å². The molecule has 2 heterocycles. The molecular weight excluding hydrogens is 174 g/mol. The van der Waals surface area contributed by atoms with Crippen LogP contribution in [0.25, 0.3) is 0 Å². The molecule has 1 saturated carbocycles. The van der Waals surface area contributed by atoms with E-state index in [1.165, 1.54) is 31.4 Å². The maximum absolute atomic E-state index is 4.64. The molecule has 0 radical (unpaired) electrons. The van der Waals surface area contributed by atoms with Gasteiger partial charge in [-0.1, -0.05) is 0 Å². The molecule has 1 saturated heterocycles. The van der Waals surface area contributed by atoms with Gasteiger partial charge in [0.1, 0.15) is 5.82 Å². The van der Waals surface area contributed by atoms with Gasteiger partial charge in [-0.3, -0.25) is 0 Å². The van der Waals surface area contributed by atoms with Crippen LogP contribution >= 0.6 is 0 Å². The van der Waals surface area contributed by atoms with E-state index in [1.807, 2.05) is 6.20 Å². The minimum Gasteiger partial charge on any atom is -0.307 e. The summed E-state index contributed by atoms with van der Waals surface area (Å²) in [6.07, 6.45) is 6.98. The van der Waals surface area contributed by atoms with Crippen molar-refractivity contribution in [2.75, 3.05) is 6.54 Å². The van der Waals surface area contributed by atoms with Gasteiger partial charge in [-0.05, 0) is 38.3 Å². The number of hydrogen-bond donors (Lipinski definition) is 1. The summed E-state index contributed by atoms with van der Waals surface area (Å²) in [4.78, 5) is 9.00. The monoisotopic (exact) mass is 189 g/mol. The highest BCUT2D eigenvalue weighted by Crippen LogP contribution is 2.39. The van der Waals surface area contributed by atoms with E-state index in [0.29, 0.717) is 6.04 Å². The van der Waals surface area contributed by atoms with Gasteiger partial charge in [0, 0.05) is 17.8 Å². The van der Waals surface area contributed by atoms with Crippen molar-refractivity contribution in [1.82, 2.24) is 15.3 Å². The Labute approximate surface area is 84.0 Å². The van der Waals surface area contributed by atoms with Crippen LogP contribution in [0.4, 0.5) is 0 Å². The van der Waals surface area contributed by atoms with Crippen LogP contribution < -0.4 is 5.32 Å². The summed E-state index contributed by atoms with van der Waals surface area (Å²) in [5.74, 6) is 1.74. The van der Waals surface area contributed by atoms with Gasteiger partial charge in [-0.25, -0.2) is 9.97 Å². The summed E-state index contributed by atoms with van der Waals surface area (Å²) in [6.45, 7) is 1.11. The summed E-state index contributed by atoms with van der Waals surface area (Å²) in [5.41, 5.74) is 1.25. The van der Waals surface area contributed by atoms with Gasteiger partial charge in [0.15, 0.2) is 0 Å². The molecular formula is C11H15N3. The van der Waals surface area contributed by atoms with E-state index in [0.717, 1.165) is 18.3 Å². The summed E-state index contributed by atoms with van der Waals surface area (Å²) in [7, 11) is 0. The summed E-state index contributed by atoms with van der Waals surface area (Å²) in [6, 6.07) is 2.48. The van der Waals surface area contributed by atoms with Crippen molar-refractivity contribution in [3.63, 3.8) is 0 Å². The fourth-order valence-electron chi connectivity index (χ4n) is 2.07. The predicted molar refractivity (Wildman–Crippen MR) is 54.0 cm³/mol. The van der Waals surface area contributed by atoms with Crippen molar-refractivity contribution in [3.8, 4) is 0 Å². The Morgan fingerprint density at radius 1 is 1.29 bits per heavy atom. The van der Waals surface area contributed by atoms with E-state index in [4.69, 9.17) is 0 Å². The van der Waals surface area contributed by atoms with Crippen LogP contribution in [0.5, 0.6) is 0 Å². The number of hydrogen-bond acceptors (Lipinski definition) is 3. The number of rotatable bonds is 2. The second-order valence-corrected chi connectivity index (χ2v) is 4.26. The van der Waals surface area contributed by atoms with Crippen molar-refractivity contribution < 1.29 is 0 Å². The van der Waals surface area contributed by atoms with Crippen LogP contribution in [-0.2, 0) is 0 Å². The normalized spacial score (nSPS) is 26.7. The van der Waals surface area contributed by atoms with Crippen LogP contribution in [0.15, 0.2) is 12.3 Å². The third kappa shape index (κ3) is 1.52. The second kappa shape index (κ2) is 3.31. The fraction of sp³-hybridized carbons (Fsp3) is 0.636. The topological polar surface area (TPSA) is 37.8 Å². The predicted octanol–water partition coefficient (Wildman–Crippen LogP) is 1.78. The molecule has 2 fully saturated rings. The third-order valence-corrected chi connectivity index (χ3v) is 3.06. The molecule has 3 rings (SSSR count). The molecule has 2 aliphatic rings. The molecule has 1 atom stereocenters. The zero-order valence-corrected chi connectivity index (χ0v) is 8.24. The lowest BCUT2D eigenvalue weighted by Crippen LogP contribution is -2.16. The summed E-state index contributed by atoms with van der Waals surface area (Å²) < 4.78 is 0. The number of aromatic nitrogens is 2. The van der Waals surface area contributed by atoms with Crippen LogP contribution in [0.3, 0.4) is 0 Å². The van der Waals surface area contributed by atoms with Gasteiger partial charge in [-0.2, -0.15) is 0 Å². The van der Waals surface area contributed by atoms with E-state index >= 15 is 0 Å². The highest BCUT2D eigenvalue weighted by molar-refractivity contribution is 5.15. The molecule has 1 unspecified atom stereocenters. The Kier molecular flexibility index (Phi) is 1.98. The lowest BCUT2D eigenvalue weighted by Gasteiger charge is -2.09. The van der Waals surface area contributed by atoms with Crippen molar-refractivity contribution in [2.24, 2.45) is 0 Å². The Morgan fingerprint density at radius 2 is 2.21 bits per heavy atom. The van der Waals surface area contributed by atoms with Gasteiger partial charge < -0.3 is 5.32 Å². The first kappa shape index (κ1) is 8.36. The molecule has 0 aromatic carbocycles. The van der Waals surface area contributed by atoms with E-state index in [9.17, 15) is 0 Å². The van der Waals surface area contributed by atoms with Gasteiger partial charge in [0.2, 0.25) is 0 Å². The maximum Gasteiger partial charge on any atom is 0.145 e. The molecule has 74 valence electrons.